The van der Waals surface area contributed by atoms with Crippen molar-refractivity contribution in [3.63, 3.8) is 0 Å². The third-order valence-electron chi connectivity index (χ3n) is 6.67. The first-order valence-electron chi connectivity index (χ1n) is 12.7. The summed E-state index contributed by atoms with van der Waals surface area (Å²) in [7, 11) is 0. The number of aliphatic hydroxyl groups is 1. The Hall–Kier alpha value is -3.12. The number of ether oxygens (including phenoxy) is 1. The monoisotopic (exact) mass is 478 g/mol. The number of hydrogen-bond acceptors (Lipinski definition) is 5. The summed E-state index contributed by atoms with van der Waals surface area (Å²) in [6.45, 7) is 14.1. The molecule has 1 N–H and O–H groups in total. The molecule has 6 nitrogen and oxygen atoms in total. The first-order chi connectivity index (χ1) is 16.8. The molecule has 6 heteroatoms. The minimum atomic E-state index is -0.642. The van der Waals surface area contributed by atoms with Gasteiger partial charge >= 0.3 is 0 Å². The molecular weight excluding hydrogens is 440 g/mol. The lowest BCUT2D eigenvalue weighted by Crippen LogP contribution is -2.33. The molecule has 1 amide bonds. The summed E-state index contributed by atoms with van der Waals surface area (Å²) in [6, 6.07) is 14.3. The number of nitrogens with zero attached hydrogens (tertiary/aromatic N) is 2. The number of aliphatic hydroxyl groups excluding tert-OH is 1. The van der Waals surface area contributed by atoms with Gasteiger partial charge in [-0.2, -0.15) is 0 Å². The van der Waals surface area contributed by atoms with Crippen molar-refractivity contribution in [3.8, 4) is 5.75 Å². The minimum absolute atomic E-state index is 0.138. The van der Waals surface area contributed by atoms with Gasteiger partial charge in [-0.05, 0) is 74.3 Å². The topological polar surface area (TPSA) is 70.1 Å². The summed E-state index contributed by atoms with van der Waals surface area (Å²) in [6.07, 6.45) is 0.748. The summed E-state index contributed by atoms with van der Waals surface area (Å²) in [5.41, 5.74) is 2.63. The van der Waals surface area contributed by atoms with Gasteiger partial charge in [-0.1, -0.05) is 52.0 Å². The van der Waals surface area contributed by atoms with E-state index in [2.05, 4.69) is 32.6 Å². The zero-order chi connectivity index (χ0) is 25.5. The van der Waals surface area contributed by atoms with E-state index in [4.69, 9.17) is 4.74 Å². The van der Waals surface area contributed by atoms with E-state index in [0.717, 1.165) is 31.6 Å². The van der Waals surface area contributed by atoms with Crippen LogP contribution in [0.1, 0.15) is 69.7 Å². The van der Waals surface area contributed by atoms with Crippen LogP contribution in [0.3, 0.4) is 0 Å². The molecule has 0 spiro atoms. The zero-order valence-corrected chi connectivity index (χ0v) is 21.6. The molecule has 1 atom stereocenters. The molecule has 35 heavy (non-hydrogen) atoms. The Bertz CT molecular complexity index is 1040. The predicted octanol–water partition coefficient (Wildman–Crippen LogP) is 5.36. The lowest BCUT2D eigenvalue weighted by molar-refractivity contribution is -0.140. The fourth-order valence-corrected chi connectivity index (χ4v) is 4.56. The number of rotatable bonds is 11. The van der Waals surface area contributed by atoms with Crippen LogP contribution in [0.4, 0.5) is 0 Å². The van der Waals surface area contributed by atoms with Crippen LogP contribution in [0.5, 0.6) is 5.75 Å². The molecule has 1 heterocycles. The molecule has 0 aliphatic carbocycles. The van der Waals surface area contributed by atoms with E-state index in [1.807, 2.05) is 31.2 Å². The van der Waals surface area contributed by atoms with Gasteiger partial charge in [0.25, 0.3) is 11.7 Å². The summed E-state index contributed by atoms with van der Waals surface area (Å²) in [5, 5.41) is 11.2. The Kier molecular flexibility index (Phi) is 9.10. The van der Waals surface area contributed by atoms with Crippen molar-refractivity contribution in [1.82, 2.24) is 9.80 Å². The van der Waals surface area contributed by atoms with Crippen LogP contribution in [0.15, 0.2) is 54.1 Å². The number of likely N-dealkylation sites (tertiary alicyclic amines) is 1. The summed E-state index contributed by atoms with van der Waals surface area (Å²) in [4.78, 5) is 30.3. The van der Waals surface area contributed by atoms with E-state index in [-0.39, 0.29) is 11.3 Å². The number of benzene rings is 2. The molecule has 188 valence electrons. The highest BCUT2D eigenvalue weighted by atomic mass is 16.5. The number of Topliss-reactive ketones (excluding diaryl/α,β-unsaturated/α-hetero) is 1. The molecule has 0 saturated carbocycles. The van der Waals surface area contributed by atoms with Crippen LogP contribution in [-0.4, -0.2) is 59.4 Å². The second kappa shape index (κ2) is 12.0. The minimum Gasteiger partial charge on any atom is -0.507 e. The molecule has 0 aromatic heterocycles. The lowest BCUT2D eigenvalue weighted by atomic mass is 9.93. The van der Waals surface area contributed by atoms with Gasteiger partial charge in [0.1, 0.15) is 11.5 Å². The van der Waals surface area contributed by atoms with Gasteiger partial charge in [-0.15, -0.1) is 0 Å². The largest absolute Gasteiger partial charge is 0.507 e. The zero-order valence-electron chi connectivity index (χ0n) is 21.6. The van der Waals surface area contributed by atoms with Crippen LogP contribution in [0.25, 0.3) is 5.76 Å². The number of carbonyl (C=O) groups excluding carboxylic acids is 2. The van der Waals surface area contributed by atoms with Gasteiger partial charge in [-0.25, -0.2) is 0 Å². The molecule has 1 aliphatic heterocycles. The summed E-state index contributed by atoms with van der Waals surface area (Å²) >= 11 is 0. The Balaban J connectivity index is 2.01. The first-order valence-corrected chi connectivity index (χ1v) is 12.7. The Morgan fingerprint density at radius 3 is 2.17 bits per heavy atom. The van der Waals surface area contributed by atoms with Crippen LogP contribution >= 0.6 is 0 Å². The van der Waals surface area contributed by atoms with Gasteiger partial charge in [0.05, 0.1) is 18.2 Å². The quantitative estimate of drug-likeness (QED) is 0.267. The number of ketones is 1. The van der Waals surface area contributed by atoms with E-state index in [0.29, 0.717) is 30.4 Å². The van der Waals surface area contributed by atoms with Crippen LogP contribution < -0.4 is 4.74 Å². The van der Waals surface area contributed by atoms with Crippen molar-refractivity contribution >= 4 is 17.4 Å². The van der Waals surface area contributed by atoms with Crippen molar-refractivity contribution in [1.29, 1.82) is 0 Å². The maximum atomic E-state index is 13.2. The smallest absolute Gasteiger partial charge is 0.295 e. The highest BCUT2D eigenvalue weighted by Gasteiger charge is 2.45. The fourth-order valence-electron chi connectivity index (χ4n) is 4.56. The van der Waals surface area contributed by atoms with E-state index in [1.165, 1.54) is 5.56 Å². The molecule has 3 rings (SSSR count). The summed E-state index contributed by atoms with van der Waals surface area (Å²) in [5.74, 6) is -0.308. The SMILES string of the molecule is CCOc1ccc(C(O)=C2C(=O)C(=O)N(CCCN(CC)CC)[C@H]2c2ccc(C(C)C)cc2)cc1. The van der Waals surface area contributed by atoms with Gasteiger partial charge in [0.2, 0.25) is 0 Å². The number of carbonyl (C=O) groups is 2. The molecular formula is C29H38N2O4. The van der Waals surface area contributed by atoms with Gasteiger partial charge in [-0.3, -0.25) is 9.59 Å². The highest BCUT2D eigenvalue weighted by Crippen LogP contribution is 2.40. The van der Waals surface area contributed by atoms with Gasteiger partial charge in [0.15, 0.2) is 0 Å². The van der Waals surface area contributed by atoms with E-state index in [1.54, 1.807) is 29.2 Å². The van der Waals surface area contributed by atoms with Crippen LogP contribution in [-0.2, 0) is 9.59 Å². The summed E-state index contributed by atoms with van der Waals surface area (Å²) < 4.78 is 5.49. The van der Waals surface area contributed by atoms with Gasteiger partial charge < -0.3 is 19.6 Å². The standard InChI is InChI=1S/C29H38N2O4/c1-6-30(7-2)18-9-19-31-26(22-12-10-21(11-13-22)20(4)5)25(28(33)29(31)34)27(32)23-14-16-24(17-15-23)35-8-3/h10-17,20,26,32H,6-9,18-19H2,1-5H3/t26-/m0/s1. The lowest BCUT2D eigenvalue weighted by Gasteiger charge is -2.27. The molecule has 0 radical (unpaired) electrons. The normalized spacial score (nSPS) is 17.6. The van der Waals surface area contributed by atoms with Crippen molar-refractivity contribution < 1.29 is 19.4 Å². The Labute approximate surface area is 209 Å². The predicted molar refractivity (Wildman–Crippen MR) is 140 cm³/mol. The number of amides is 1. The van der Waals surface area contributed by atoms with Crippen molar-refractivity contribution in [2.75, 3.05) is 32.8 Å². The second-order valence-corrected chi connectivity index (χ2v) is 9.15. The molecule has 2 aromatic rings. The van der Waals surface area contributed by atoms with E-state index < -0.39 is 17.7 Å². The van der Waals surface area contributed by atoms with Crippen LogP contribution in [0, 0.1) is 0 Å². The molecule has 2 aromatic carbocycles. The molecule has 0 bridgehead atoms. The Morgan fingerprint density at radius 1 is 1.00 bits per heavy atom. The average molecular weight is 479 g/mol. The molecule has 0 unspecified atom stereocenters. The first kappa shape index (κ1) is 26.5. The number of hydrogen-bond donors (Lipinski definition) is 1. The van der Waals surface area contributed by atoms with E-state index in [9.17, 15) is 14.7 Å². The third kappa shape index (κ3) is 5.93. The highest BCUT2D eigenvalue weighted by molar-refractivity contribution is 6.46. The molecule has 1 aliphatic rings. The van der Waals surface area contributed by atoms with Gasteiger partial charge in [0, 0.05) is 12.1 Å². The molecule has 1 saturated heterocycles. The fraction of sp³-hybridized carbons (Fsp3) is 0.448. The van der Waals surface area contributed by atoms with Crippen LogP contribution in [0.2, 0.25) is 0 Å². The molecule has 1 fully saturated rings. The van der Waals surface area contributed by atoms with Crippen molar-refractivity contribution in [2.45, 2.75) is 53.0 Å². The second-order valence-electron chi connectivity index (χ2n) is 9.15. The maximum Gasteiger partial charge on any atom is 0.295 e. The van der Waals surface area contributed by atoms with Crippen molar-refractivity contribution in [3.05, 3.63) is 70.8 Å². The van der Waals surface area contributed by atoms with E-state index >= 15 is 0 Å². The third-order valence-corrected chi connectivity index (χ3v) is 6.67. The van der Waals surface area contributed by atoms with Crippen molar-refractivity contribution in [2.24, 2.45) is 0 Å². The Morgan fingerprint density at radius 2 is 1.63 bits per heavy atom. The average Bonchev–Trinajstić information content (AvgIpc) is 3.12. The maximum absolute atomic E-state index is 13.2.